The van der Waals surface area contributed by atoms with Crippen molar-refractivity contribution in [2.75, 3.05) is 0 Å². The van der Waals surface area contributed by atoms with Crippen LogP contribution in [0.1, 0.15) is 38.3 Å². The number of carboxylic acid groups (broad SMARTS) is 2. The lowest BCUT2D eigenvalue weighted by Gasteiger charge is -2.13. The lowest BCUT2D eigenvalue weighted by Crippen LogP contribution is -2.37. The normalized spacial score (nSPS) is 12.0. The van der Waals surface area contributed by atoms with E-state index in [2.05, 4.69) is 10.0 Å². The molecule has 0 spiro atoms. The molecule has 2 aromatic carbocycles. The number of hydrogen-bond donors (Lipinski definition) is 5. The van der Waals surface area contributed by atoms with E-state index in [1.807, 2.05) is 0 Å². The molecule has 1 atom stereocenters. The zero-order chi connectivity index (χ0) is 24.1. The molecule has 0 saturated carbocycles. The Morgan fingerprint density at radius 2 is 1.75 bits per heavy atom. The zero-order valence-electron chi connectivity index (χ0n) is 16.7. The Kier molecular flexibility index (Phi) is 7.67. The predicted octanol–water partition coefficient (Wildman–Crippen LogP) is 0.649. The number of aryl methyl sites for hydroxylation is 1. The summed E-state index contributed by atoms with van der Waals surface area (Å²) in [4.78, 5) is 44.7. The highest BCUT2D eigenvalue weighted by Gasteiger charge is 2.20. The summed E-state index contributed by atoms with van der Waals surface area (Å²) in [5.74, 6) is -3.95. The van der Waals surface area contributed by atoms with E-state index in [9.17, 15) is 32.7 Å². The van der Waals surface area contributed by atoms with Crippen molar-refractivity contribution in [3.63, 3.8) is 0 Å². The molecule has 0 aliphatic heterocycles. The average molecular weight is 464 g/mol. The van der Waals surface area contributed by atoms with Gasteiger partial charge in [0.15, 0.2) is 0 Å². The zero-order valence-corrected chi connectivity index (χ0v) is 17.5. The van der Waals surface area contributed by atoms with E-state index in [0.717, 1.165) is 18.2 Å². The summed E-state index contributed by atoms with van der Waals surface area (Å²) in [5.41, 5.74) is 0.559. The van der Waals surface area contributed by atoms with Gasteiger partial charge in [-0.25, -0.2) is 17.9 Å². The lowest BCUT2D eigenvalue weighted by atomic mass is 10.0. The molecule has 2 rings (SSSR count). The van der Waals surface area contributed by atoms with Gasteiger partial charge in [0.2, 0.25) is 10.0 Å². The topological polar surface area (TPSA) is 187 Å². The molecule has 1 amide bonds. The molecule has 0 fully saturated rings. The van der Waals surface area contributed by atoms with Gasteiger partial charge in [-0.3, -0.25) is 9.59 Å². The van der Waals surface area contributed by atoms with Gasteiger partial charge in [-0.15, -0.1) is 0 Å². The van der Waals surface area contributed by atoms with Crippen molar-refractivity contribution in [3.8, 4) is 5.75 Å². The standard InChI is InChI=1S/C20H20N2O9S/c1-11-6-12(2-4-15(11)19(27)22-13(10-23)7-18(25)26)9-21-32(30,31)14-3-5-17(24)16(8-14)20(28)29/h2-6,8,10,13,21,24H,7,9H2,1H3,(H,22,27)(H,25,26)(H,28,29)/t13-/m0/s1. The van der Waals surface area contributed by atoms with Gasteiger partial charge in [-0.1, -0.05) is 12.1 Å². The van der Waals surface area contributed by atoms with Crippen LogP contribution in [-0.2, 0) is 26.2 Å². The predicted molar refractivity (Wildman–Crippen MR) is 110 cm³/mol. The number of phenols is 1. The Labute approximate surface area is 182 Å². The molecule has 0 aliphatic rings. The van der Waals surface area contributed by atoms with Crippen molar-refractivity contribution in [2.24, 2.45) is 0 Å². The number of aliphatic carboxylic acids is 1. The fourth-order valence-electron chi connectivity index (χ4n) is 2.77. The first-order valence-electron chi connectivity index (χ1n) is 9.08. The third-order valence-electron chi connectivity index (χ3n) is 4.39. The van der Waals surface area contributed by atoms with Crippen LogP contribution in [0.25, 0.3) is 0 Å². The Hall–Kier alpha value is -3.77. The smallest absolute Gasteiger partial charge is 0.339 e. The molecule has 32 heavy (non-hydrogen) atoms. The van der Waals surface area contributed by atoms with Crippen molar-refractivity contribution >= 4 is 34.2 Å². The highest BCUT2D eigenvalue weighted by molar-refractivity contribution is 7.89. The first kappa shape index (κ1) is 24.5. The Morgan fingerprint density at radius 3 is 2.31 bits per heavy atom. The second-order valence-corrected chi connectivity index (χ2v) is 8.54. The van der Waals surface area contributed by atoms with E-state index in [1.54, 1.807) is 6.92 Å². The number of carbonyl (C=O) groups is 4. The van der Waals surface area contributed by atoms with Crippen molar-refractivity contribution in [2.45, 2.75) is 30.8 Å². The summed E-state index contributed by atoms with van der Waals surface area (Å²) < 4.78 is 27.2. The van der Waals surface area contributed by atoms with Gasteiger partial charge < -0.3 is 25.4 Å². The van der Waals surface area contributed by atoms with Crippen LogP contribution in [0.4, 0.5) is 0 Å². The summed E-state index contributed by atoms with van der Waals surface area (Å²) in [5, 5.41) is 29.6. The van der Waals surface area contributed by atoms with Gasteiger partial charge in [0, 0.05) is 12.1 Å². The monoisotopic (exact) mass is 464 g/mol. The van der Waals surface area contributed by atoms with Crippen LogP contribution in [-0.4, -0.2) is 53.9 Å². The minimum atomic E-state index is -4.10. The molecule has 0 bridgehead atoms. The minimum Gasteiger partial charge on any atom is -0.507 e. The molecule has 170 valence electrons. The molecule has 11 nitrogen and oxygen atoms in total. The van der Waals surface area contributed by atoms with Gasteiger partial charge in [0.25, 0.3) is 5.91 Å². The third-order valence-corrected chi connectivity index (χ3v) is 5.78. The van der Waals surface area contributed by atoms with Crippen molar-refractivity contribution in [1.82, 2.24) is 10.0 Å². The van der Waals surface area contributed by atoms with E-state index in [0.29, 0.717) is 17.4 Å². The summed E-state index contributed by atoms with van der Waals surface area (Å²) in [6.07, 6.45) is -0.237. The second kappa shape index (κ2) is 10.0. The number of carboxylic acids is 2. The largest absolute Gasteiger partial charge is 0.507 e. The fourth-order valence-corrected chi connectivity index (χ4v) is 3.82. The first-order chi connectivity index (χ1) is 14.9. The number of benzene rings is 2. The van der Waals surface area contributed by atoms with Crippen LogP contribution < -0.4 is 10.0 Å². The number of hydrogen-bond acceptors (Lipinski definition) is 7. The maximum Gasteiger partial charge on any atom is 0.339 e. The van der Waals surface area contributed by atoms with Gasteiger partial charge in [-0.2, -0.15) is 0 Å². The van der Waals surface area contributed by atoms with E-state index in [1.165, 1.54) is 18.2 Å². The number of amides is 1. The lowest BCUT2D eigenvalue weighted by molar-refractivity contribution is -0.138. The van der Waals surface area contributed by atoms with Crippen LogP contribution in [0.5, 0.6) is 5.75 Å². The summed E-state index contributed by atoms with van der Waals surface area (Å²) in [7, 11) is -4.10. The van der Waals surface area contributed by atoms with Crippen LogP contribution in [0.3, 0.4) is 0 Å². The third kappa shape index (κ3) is 6.12. The molecule has 0 radical (unpaired) electrons. The number of rotatable bonds is 10. The molecule has 0 aliphatic carbocycles. The molecule has 12 heteroatoms. The van der Waals surface area contributed by atoms with Gasteiger partial charge in [0.05, 0.1) is 17.4 Å². The second-order valence-electron chi connectivity index (χ2n) is 6.77. The number of aromatic hydroxyl groups is 1. The Balaban J connectivity index is 2.13. The van der Waals surface area contributed by atoms with Crippen LogP contribution in [0, 0.1) is 6.92 Å². The molecule has 2 aromatic rings. The maximum absolute atomic E-state index is 12.5. The SMILES string of the molecule is Cc1cc(CNS(=O)(=O)c2ccc(O)c(C(=O)O)c2)ccc1C(=O)N[C@H](C=O)CC(=O)O. The van der Waals surface area contributed by atoms with Gasteiger partial charge in [-0.05, 0) is 42.3 Å². The summed E-state index contributed by atoms with van der Waals surface area (Å²) in [6.45, 7) is 1.41. The van der Waals surface area contributed by atoms with E-state index in [4.69, 9.17) is 10.2 Å². The first-order valence-corrected chi connectivity index (χ1v) is 10.6. The number of sulfonamides is 1. The van der Waals surface area contributed by atoms with Gasteiger partial charge >= 0.3 is 11.9 Å². The molecule has 0 heterocycles. The molecule has 0 saturated heterocycles. The summed E-state index contributed by atoms with van der Waals surface area (Å²) >= 11 is 0. The Bertz CT molecular complexity index is 1180. The van der Waals surface area contributed by atoms with Gasteiger partial charge in [0.1, 0.15) is 17.6 Å². The highest BCUT2D eigenvalue weighted by atomic mass is 32.2. The quantitative estimate of drug-likeness (QED) is 0.315. The number of aldehydes is 1. The number of nitrogens with one attached hydrogen (secondary N) is 2. The number of aromatic carboxylic acids is 1. The minimum absolute atomic E-state index is 0.176. The highest BCUT2D eigenvalue weighted by Crippen LogP contribution is 2.21. The van der Waals surface area contributed by atoms with Crippen LogP contribution in [0.2, 0.25) is 0 Å². The van der Waals surface area contributed by atoms with Crippen LogP contribution >= 0.6 is 0 Å². The van der Waals surface area contributed by atoms with E-state index in [-0.39, 0.29) is 17.0 Å². The molecular weight excluding hydrogens is 444 g/mol. The number of carbonyl (C=O) groups excluding carboxylic acids is 2. The maximum atomic E-state index is 12.5. The van der Waals surface area contributed by atoms with Crippen molar-refractivity contribution < 1.29 is 42.9 Å². The van der Waals surface area contributed by atoms with Crippen molar-refractivity contribution in [1.29, 1.82) is 0 Å². The fraction of sp³-hybridized carbons (Fsp3) is 0.200. The molecular formula is C20H20N2O9S. The Morgan fingerprint density at radius 1 is 1.06 bits per heavy atom. The molecule has 0 aromatic heterocycles. The van der Waals surface area contributed by atoms with Crippen LogP contribution in [0.15, 0.2) is 41.3 Å². The van der Waals surface area contributed by atoms with E-state index < -0.39 is 51.6 Å². The van der Waals surface area contributed by atoms with Crippen molar-refractivity contribution in [3.05, 3.63) is 58.7 Å². The molecule has 0 unspecified atom stereocenters. The average Bonchev–Trinajstić information content (AvgIpc) is 2.71. The summed E-state index contributed by atoms with van der Waals surface area (Å²) in [6, 6.07) is 6.07. The van der Waals surface area contributed by atoms with E-state index >= 15 is 0 Å². The molecule has 5 N–H and O–H groups in total.